The first-order valence-corrected chi connectivity index (χ1v) is 8.66. The first kappa shape index (κ1) is 20.9. The van der Waals surface area contributed by atoms with Gasteiger partial charge in [-0.3, -0.25) is 9.36 Å². The number of rotatable bonds is 5. The van der Waals surface area contributed by atoms with Crippen molar-refractivity contribution in [2.75, 3.05) is 0 Å². The van der Waals surface area contributed by atoms with Crippen molar-refractivity contribution in [2.24, 2.45) is 0 Å². The van der Waals surface area contributed by atoms with Crippen LogP contribution in [0.3, 0.4) is 0 Å². The average molecular weight is 477 g/mol. The van der Waals surface area contributed by atoms with Crippen molar-refractivity contribution in [1.29, 1.82) is 0 Å². The van der Waals surface area contributed by atoms with E-state index in [-0.39, 0.29) is 10.0 Å². The zero-order chi connectivity index (χ0) is 21.3. The molecule has 2 aromatic carbocycles. The maximum absolute atomic E-state index is 14.1. The quantitative estimate of drug-likeness (QED) is 0.569. The van der Waals surface area contributed by atoms with E-state index in [9.17, 15) is 31.9 Å². The van der Waals surface area contributed by atoms with E-state index >= 15 is 0 Å². The number of hydrogen-bond acceptors (Lipinski definition) is 4. The number of benzene rings is 2. The van der Waals surface area contributed by atoms with Crippen molar-refractivity contribution >= 4 is 15.9 Å². The second kappa shape index (κ2) is 8.29. The molecular formula is C18H10BrF5N2O3. The highest BCUT2D eigenvalue weighted by atomic mass is 79.9. The molecular weight excluding hydrogens is 467 g/mol. The van der Waals surface area contributed by atoms with Crippen LogP contribution in [0.25, 0.3) is 5.69 Å². The van der Waals surface area contributed by atoms with Crippen LogP contribution in [0.4, 0.5) is 22.0 Å². The predicted octanol–water partition coefficient (Wildman–Crippen LogP) is 3.76. The number of hydrogen-bond donors (Lipinski definition) is 1. The third-order valence-electron chi connectivity index (χ3n) is 3.79. The average Bonchev–Trinajstić information content (AvgIpc) is 2.65. The minimum Gasteiger partial charge on any atom is -0.472 e. The minimum atomic E-state index is -1.39. The monoisotopic (exact) mass is 476 g/mol. The van der Waals surface area contributed by atoms with Gasteiger partial charge >= 0.3 is 0 Å². The third-order valence-corrected chi connectivity index (χ3v) is 4.47. The fourth-order valence-corrected chi connectivity index (χ4v) is 2.87. The van der Waals surface area contributed by atoms with Crippen LogP contribution >= 0.6 is 15.9 Å². The van der Waals surface area contributed by atoms with Crippen molar-refractivity contribution in [3.05, 3.63) is 85.6 Å². The Bertz CT molecular complexity index is 1130. The van der Waals surface area contributed by atoms with Gasteiger partial charge in [0, 0.05) is 23.8 Å². The molecule has 0 bridgehead atoms. The zero-order valence-corrected chi connectivity index (χ0v) is 15.8. The zero-order valence-electron chi connectivity index (χ0n) is 14.2. The molecule has 1 N–H and O–H groups in total. The largest absolute Gasteiger partial charge is 0.472 e. The summed E-state index contributed by atoms with van der Waals surface area (Å²) in [5, 5.41) is 9.50. The molecule has 0 radical (unpaired) electrons. The molecule has 0 unspecified atom stereocenters. The van der Waals surface area contributed by atoms with E-state index in [0.29, 0.717) is 22.8 Å². The summed E-state index contributed by atoms with van der Waals surface area (Å²) in [7, 11) is 0. The van der Waals surface area contributed by atoms with Gasteiger partial charge in [0.25, 0.3) is 5.56 Å². The van der Waals surface area contributed by atoms with Crippen molar-refractivity contribution in [3.8, 4) is 11.6 Å². The van der Waals surface area contributed by atoms with Crippen LogP contribution in [-0.4, -0.2) is 14.7 Å². The van der Waals surface area contributed by atoms with Gasteiger partial charge in [-0.05, 0) is 28.1 Å². The third kappa shape index (κ3) is 4.15. The summed E-state index contributed by atoms with van der Waals surface area (Å²) in [5.74, 6) is -6.59. The van der Waals surface area contributed by atoms with Gasteiger partial charge in [0.1, 0.15) is 46.6 Å². The van der Waals surface area contributed by atoms with E-state index in [1.54, 1.807) is 0 Å². The van der Waals surface area contributed by atoms with Crippen LogP contribution in [0, 0.1) is 29.1 Å². The fraction of sp³-hybridized carbons (Fsp3) is 0.111. The maximum Gasteiger partial charge on any atom is 0.276 e. The molecule has 0 aliphatic rings. The summed E-state index contributed by atoms with van der Waals surface area (Å²) >= 11 is 2.88. The Balaban J connectivity index is 2.05. The molecule has 0 fully saturated rings. The normalized spacial score (nSPS) is 11.0. The number of nitrogens with zero attached hydrogens (tertiary/aromatic N) is 2. The molecule has 11 heteroatoms. The SMILES string of the molecule is O=c1c(Br)c(OCc2ccc(F)cc2F)nc(CO)n1-c1c(F)cc(F)cc1F. The summed E-state index contributed by atoms with van der Waals surface area (Å²) in [5.41, 5.74) is -2.06. The first-order chi connectivity index (χ1) is 13.7. The minimum absolute atomic E-state index is 0.0505. The summed E-state index contributed by atoms with van der Waals surface area (Å²) in [6.45, 7) is -1.38. The summed E-state index contributed by atoms with van der Waals surface area (Å²) in [6, 6.07) is 3.49. The Kier molecular flexibility index (Phi) is 5.99. The van der Waals surface area contributed by atoms with Gasteiger partial charge in [-0.15, -0.1) is 0 Å². The molecule has 5 nitrogen and oxygen atoms in total. The highest BCUT2D eigenvalue weighted by Gasteiger charge is 2.23. The molecule has 0 amide bonds. The number of ether oxygens (including phenoxy) is 1. The molecule has 0 aliphatic heterocycles. The lowest BCUT2D eigenvalue weighted by atomic mass is 10.2. The second-order valence-corrected chi connectivity index (χ2v) is 6.48. The molecule has 0 aliphatic carbocycles. The lowest BCUT2D eigenvalue weighted by Gasteiger charge is -2.15. The predicted molar refractivity (Wildman–Crippen MR) is 94.0 cm³/mol. The lowest BCUT2D eigenvalue weighted by molar-refractivity contribution is 0.252. The summed E-state index contributed by atoms with van der Waals surface area (Å²) < 4.78 is 73.3. The van der Waals surface area contributed by atoms with Crippen molar-refractivity contribution < 1.29 is 31.8 Å². The molecule has 29 heavy (non-hydrogen) atoms. The Morgan fingerprint density at radius 1 is 1.00 bits per heavy atom. The van der Waals surface area contributed by atoms with Crippen LogP contribution < -0.4 is 10.3 Å². The van der Waals surface area contributed by atoms with Gasteiger partial charge in [-0.25, -0.2) is 22.0 Å². The van der Waals surface area contributed by atoms with E-state index in [2.05, 4.69) is 20.9 Å². The van der Waals surface area contributed by atoms with E-state index in [1.165, 1.54) is 0 Å². The van der Waals surface area contributed by atoms with Crippen LogP contribution in [0.15, 0.2) is 39.6 Å². The first-order valence-electron chi connectivity index (χ1n) is 7.86. The second-order valence-electron chi connectivity index (χ2n) is 5.69. The lowest BCUT2D eigenvalue weighted by Crippen LogP contribution is -2.27. The molecule has 1 aromatic heterocycles. The molecule has 0 saturated carbocycles. The molecule has 3 aromatic rings. The fourth-order valence-electron chi connectivity index (χ4n) is 2.49. The van der Waals surface area contributed by atoms with Gasteiger partial charge in [0.05, 0.1) is 0 Å². The van der Waals surface area contributed by atoms with Crippen molar-refractivity contribution in [1.82, 2.24) is 9.55 Å². The van der Waals surface area contributed by atoms with Gasteiger partial charge in [-0.2, -0.15) is 4.98 Å². The van der Waals surface area contributed by atoms with Crippen molar-refractivity contribution in [3.63, 3.8) is 0 Å². The van der Waals surface area contributed by atoms with Crippen LogP contribution in [0.5, 0.6) is 5.88 Å². The van der Waals surface area contributed by atoms with Gasteiger partial charge < -0.3 is 9.84 Å². The number of halogens is 6. The van der Waals surface area contributed by atoms with Crippen LogP contribution in [-0.2, 0) is 13.2 Å². The molecule has 0 atom stereocenters. The summed E-state index contributed by atoms with van der Waals surface area (Å²) in [4.78, 5) is 16.4. The highest BCUT2D eigenvalue weighted by molar-refractivity contribution is 9.10. The highest BCUT2D eigenvalue weighted by Crippen LogP contribution is 2.25. The molecule has 152 valence electrons. The molecule has 0 saturated heterocycles. The van der Waals surface area contributed by atoms with Gasteiger partial charge in [0.2, 0.25) is 5.88 Å². The standard InChI is InChI=1S/C18H10BrF5N2O3/c19-15-17(29-7-8-1-2-9(20)3-11(8)22)25-14(6-27)26(18(15)28)16-12(23)4-10(21)5-13(16)24/h1-5,27H,6-7H2. The van der Waals surface area contributed by atoms with Crippen LogP contribution in [0.1, 0.15) is 11.4 Å². The molecule has 1 heterocycles. The molecule has 3 rings (SSSR count). The van der Waals surface area contributed by atoms with Gasteiger partial charge in [-0.1, -0.05) is 0 Å². The van der Waals surface area contributed by atoms with E-state index in [4.69, 9.17) is 4.74 Å². The number of aliphatic hydroxyl groups is 1. The topological polar surface area (TPSA) is 64.3 Å². The number of aromatic nitrogens is 2. The van der Waals surface area contributed by atoms with E-state index < -0.39 is 65.3 Å². The number of aliphatic hydroxyl groups excluding tert-OH is 1. The maximum atomic E-state index is 14.1. The smallest absolute Gasteiger partial charge is 0.276 e. The Labute approximate surface area is 168 Å². The Morgan fingerprint density at radius 3 is 2.21 bits per heavy atom. The summed E-state index contributed by atoms with van der Waals surface area (Å²) in [6.07, 6.45) is 0. The Morgan fingerprint density at radius 2 is 1.62 bits per heavy atom. The van der Waals surface area contributed by atoms with Gasteiger partial charge in [0.15, 0.2) is 11.6 Å². The van der Waals surface area contributed by atoms with Crippen molar-refractivity contribution in [2.45, 2.75) is 13.2 Å². The Hall–Kier alpha value is -2.79. The molecule has 0 spiro atoms. The van der Waals surface area contributed by atoms with Crippen LogP contribution in [0.2, 0.25) is 0 Å². The van der Waals surface area contributed by atoms with E-state index in [0.717, 1.165) is 12.1 Å². The van der Waals surface area contributed by atoms with E-state index in [1.807, 2.05) is 0 Å².